The van der Waals surface area contributed by atoms with Crippen molar-refractivity contribution in [2.45, 2.75) is 0 Å². The monoisotopic (exact) mass is 218 g/mol. The molecule has 0 aliphatic rings. The fourth-order valence-electron chi connectivity index (χ4n) is 0.581. The van der Waals surface area contributed by atoms with Crippen molar-refractivity contribution in [1.29, 1.82) is 0 Å². The van der Waals surface area contributed by atoms with Gasteiger partial charge < -0.3 is 9.44 Å². The van der Waals surface area contributed by atoms with Gasteiger partial charge in [0.25, 0.3) is 0 Å². The molecule has 0 saturated heterocycles. The molecule has 0 amide bonds. The first-order valence-corrected chi connectivity index (χ1v) is 2.81. The van der Waals surface area contributed by atoms with Crippen LogP contribution in [0.3, 0.4) is 0 Å². The maximum absolute atomic E-state index is 12.0. The minimum absolute atomic E-state index is 0. The first-order chi connectivity index (χ1) is 6.38. The average molecular weight is 218 g/mol. The predicted octanol–water partition coefficient (Wildman–Crippen LogP) is -5.27. The zero-order chi connectivity index (χ0) is 10.8. The van der Waals surface area contributed by atoms with E-state index in [1.54, 1.807) is 0 Å². The normalized spacial score (nSPS) is 12.3. The quantitative estimate of drug-likeness (QED) is 0.463. The maximum Gasteiger partial charge on any atom is 1.00 e. The van der Waals surface area contributed by atoms with Crippen molar-refractivity contribution >= 4 is 12.9 Å². The molecule has 7 heteroatoms. The van der Waals surface area contributed by atoms with Crippen LogP contribution in [0.25, 0.3) is 0 Å². The van der Waals surface area contributed by atoms with Crippen LogP contribution in [-0.4, -0.2) is 19.3 Å². The van der Waals surface area contributed by atoms with Crippen molar-refractivity contribution in [3.05, 3.63) is 18.3 Å². The summed E-state index contributed by atoms with van der Waals surface area (Å²) < 4.78 is 48.7. The van der Waals surface area contributed by atoms with Crippen molar-refractivity contribution < 1.29 is 73.6 Å². The van der Waals surface area contributed by atoms with Gasteiger partial charge in [-0.1, -0.05) is 0 Å². The summed E-state index contributed by atoms with van der Waals surface area (Å²) >= 11 is 0. The summed E-state index contributed by atoms with van der Waals surface area (Å²) in [5.41, 5.74) is -0.414. The molecule has 13 heavy (non-hydrogen) atoms. The van der Waals surface area contributed by atoms with Crippen LogP contribution in [0.5, 0.6) is 5.75 Å². The summed E-state index contributed by atoms with van der Waals surface area (Å²) in [4.78, 5) is 3.34. The number of methoxy groups -OCH3 is 1. The van der Waals surface area contributed by atoms with Crippen LogP contribution in [0.15, 0.2) is 18.3 Å². The van der Waals surface area contributed by atoms with Gasteiger partial charge >= 0.3 is 58.7 Å². The van der Waals surface area contributed by atoms with Crippen LogP contribution >= 0.6 is 0 Å². The van der Waals surface area contributed by atoms with Gasteiger partial charge in [0, 0.05) is 0 Å². The van der Waals surface area contributed by atoms with Crippen LogP contribution in [-0.2, 0) is 0 Å². The summed E-state index contributed by atoms with van der Waals surface area (Å²) in [5, 5.41) is 0. The number of rotatable bonds is 2. The second-order valence-corrected chi connectivity index (χ2v) is 1.82. The van der Waals surface area contributed by atoms with Gasteiger partial charge in [-0.05, 0) is 12.1 Å². The Morgan fingerprint density at radius 2 is 2.23 bits per heavy atom. The van der Waals surface area contributed by atoms with E-state index in [2.05, 4.69) is 9.72 Å². The maximum atomic E-state index is 12.0. The number of halogens is 3. The molecule has 0 bridgehead atoms. The average Bonchev–Trinajstić information content (AvgIpc) is 2.02. The van der Waals surface area contributed by atoms with Gasteiger partial charge in [-0.2, -0.15) is 0 Å². The van der Waals surface area contributed by atoms with E-state index in [0.717, 1.165) is 18.3 Å². The molecule has 1 aromatic rings. The van der Waals surface area contributed by atoms with Crippen molar-refractivity contribution in [3.8, 4) is 5.75 Å². The smallest absolute Gasteiger partial charge is 1.00 e. The fraction of sp³-hybridized carbons (Fsp3) is 0.167. The molecule has 0 N–H and O–H groups in total. The van der Waals surface area contributed by atoms with Gasteiger partial charge in [-0.25, -0.2) is 0 Å². The Hall–Kier alpha value is 0.441. The molecule has 1 heterocycles. The van der Waals surface area contributed by atoms with E-state index < -0.39 is 19.9 Å². The molecular weight excluding hydrogens is 209 g/mol. The summed E-state index contributed by atoms with van der Waals surface area (Å²) in [6.07, 6.45) is 0.952. The molecule has 0 spiro atoms. The number of hydrogen-bond acceptors (Lipinski definition) is 2. The molecule has 0 unspecified atom stereocenters. The van der Waals surface area contributed by atoms with Crippen molar-refractivity contribution in [3.63, 3.8) is 0 Å². The molecule has 0 aliphatic carbocycles. The van der Waals surface area contributed by atoms with E-state index in [4.69, 9.17) is 4.11 Å². The van der Waals surface area contributed by atoms with Gasteiger partial charge in [0.05, 0.1) is 22.9 Å². The molecule has 0 atom stereocenters. The third-order valence-electron chi connectivity index (χ3n) is 1.10. The first-order valence-electron chi connectivity index (χ1n) is 4.31. The van der Waals surface area contributed by atoms with E-state index in [0.29, 0.717) is 0 Å². The Kier molecular flexibility index (Phi) is 5.99. The third-order valence-corrected chi connectivity index (χ3v) is 1.10. The Morgan fingerprint density at radius 3 is 2.62 bits per heavy atom. The van der Waals surface area contributed by atoms with Gasteiger partial charge in [-0.15, -0.1) is 0 Å². The molecule has 0 aromatic carbocycles. The fourth-order valence-corrected chi connectivity index (χ4v) is 0.581. The number of hydrogen-bond donors (Lipinski definition) is 0. The van der Waals surface area contributed by atoms with Gasteiger partial charge in [0.2, 0.25) is 0 Å². The minimum Gasteiger partial charge on any atom is -1.00 e. The molecule has 66 valence electrons. The first kappa shape index (κ1) is 9.98. The van der Waals surface area contributed by atoms with E-state index in [-0.39, 0.29) is 61.8 Å². The predicted molar refractivity (Wildman–Crippen MR) is 38.4 cm³/mol. The van der Waals surface area contributed by atoms with Crippen LogP contribution in [0.1, 0.15) is 4.11 Å². The van der Waals surface area contributed by atoms with Crippen LogP contribution in [0.4, 0.5) is 8.63 Å². The van der Waals surface area contributed by atoms with Crippen molar-refractivity contribution in [2.24, 2.45) is 0 Å². The molecule has 2 nitrogen and oxygen atoms in total. The molecule has 1 rings (SSSR count). The molecule has 0 radical (unpaired) electrons. The summed E-state index contributed by atoms with van der Waals surface area (Å²) in [6, 6.07) is 2.16. The minimum atomic E-state index is -2.67. The Bertz CT molecular complexity index is 311. The zero-order valence-corrected chi connectivity index (χ0v) is 9.92. The van der Waals surface area contributed by atoms with E-state index in [1.807, 2.05) is 0 Å². The van der Waals surface area contributed by atoms with Gasteiger partial charge in [-0.3, -0.25) is 13.6 Å². The van der Waals surface area contributed by atoms with Crippen LogP contribution in [0.2, 0.25) is 0 Å². The Morgan fingerprint density at radius 1 is 1.54 bits per heavy atom. The Labute approximate surface area is 121 Å². The number of aromatic nitrogens is 1. The molecule has 1 aromatic heterocycles. The second-order valence-electron chi connectivity index (χ2n) is 1.82. The number of nitrogens with zero attached hydrogens (tertiary/aromatic N) is 1. The van der Waals surface area contributed by atoms with E-state index >= 15 is 0 Å². The summed E-state index contributed by atoms with van der Waals surface area (Å²) in [5.74, 6) is -0.0607. The summed E-state index contributed by atoms with van der Waals surface area (Å²) in [7, 11) is -5.26. The largest absolute Gasteiger partial charge is 1.00 e. The van der Waals surface area contributed by atoms with Crippen molar-refractivity contribution in [1.82, 2.24) is 4.98 Å². The number of ether oxygens (including phenoxy) is 1. The topological polar surface area (TPSA) is 22.1 Å². The van der Waals surface area contributed by atoms with Crippen LogP contribution in [0, 0.1) is 0 Å². The SMILES string of the molecule is [2H]C([2H])([2H])Oc1ccc(B(F)F)nc1.[F-].[K+]. The van der Waals surface area contributed by atoms with Gasteiger partial charge in [0.1, 0.15) is 5.75 Å². The molecule has 0 aliphatic heterocycles. The molecule has 0 saturated carbocycles. The van der Waals surface area contributed by atoms with E-state index in [1.165, 1.54) is 0 Å². The molecular formula is C6H6BF3KNO. The van der Waals surface area contributed by atoms with Gasteiger partial charge in [0.15, 0.2) is 0 Å². The standard InChI is InChI=1S/C6H6BF2NO.FH.K/c1-11-5-2-3-6(7(8)9)10-4-5;;/h2-4H,1H3;1H;/q;;+1/p-1/i1D3;;. The molecule has 0 fully saturated rings. The van der Waals surface area contributed by atoms with E-state index in [9.17, 15) is 8.63 Å². The zero-order valence-electron chi connectivity index (χ0n) is 9.80. The second kappa shape index (κ2) is 7.81. The third kappa shape index (κ3) is 5.02. The van der Waals surface area contributed by atoms with Crippen LogP contribution < -0.4 is 66.4 Å². The van der Waals surface area contributed by atoms with Crippen molar-refractivity contribution in [2.75, 3.05) is 7.04 Å². The summed E-state index contributed by atoms with van der Waals surface area (Å²) in [6.45, 7) is 0. The Balaban J connectivity index is 0. The number of pyridine rings is 1.